The fourth-order valence-electron chi connectivity index (χ4n) is 2.75. The summed E-state index contributed by atoms with van der Waals surface area (Å²) < 4.78 is 5.66. The van der Waals surface area contributed by atoms with Crippen molar-refractivity contribution < 1.29 is 9.53 Å². The Kier molecular flexibility index (Phi) is 6.08. The average Bonchev–Trinajstić information content (AvgIpc) is 2.52. The number of nitrogen functional groups attached to an aromatic ring is 1. The SMILES string of the molecule is CC(C)COc1ccc(/C=C\C(=O)N2CCCCC2C)cc1N. The number of carbonyl (C=O) groups is 1. The molecule has 1 aliphatic rings. The van der Waals surface area contributed by atoms with Gasteiger partial charge in [-0.15, -0.1) is 0 Å². The van der Waals surface area contributed by atoms with Gasteiger partial charge in [-0.05, 0) is 55.9 Å². The van der Waals surface area contributed by atoms with Gasteiger partial charge in [0.25, 0.3) is 0 Å². The molecule has 1 aromatic carbocycles. The molecule has 0 spiro atoms. The number of anilines is 1. The molecule has 1 heterocycles. The van der Waals surface area contributed by atoms with Crippen LogP contribution < -0.4 is 10.5 Å². The van der Waals surface area contributed by atoms with Gasteiger partial charge in [-0.1, -0.05) is 19.9 Å². The average molecular weight is 316 g/mol. The minimum Gasteiger partial charge on any atom is -0.491 e. The molecule has 0 radical (unpaired) electrons. The van der Waals surface area contributed by atoms with E-state index in [9.17, 15) is 4.79 Å². The maximum absolute atomic E-state index is 12.3. The van der Waals surface area contributed by atoms with E-state index in [0.717, 1.165) is 24.9 Å². The Morgan fingerprint density at radius 2 is 2.22 bits per heavy atom. The molecule has 23 heavy (non-hydrogen) atoms. The Labute approximate surface area is 139 Å². The Balaban J connectivity index is 1.99. The van der Waals surface area contributed by atoms with Gasteiger partial charge in [-0.3, -0.25) is 4.79 Å². The number of benzene rings is 1. The van der Waals surface area contributed by atoms with E-state index >= 15 is 0 Å². The topological polar surface area (TPSA) is 55.6 Å². The molecule has 1 aromatic rings. The number of hydrogen-bond acceptors (Lipinski definition) is 3. The summed E-state index contributed by atoms with van der Waals surface area (Å²) in [5.74, 6) is 1.24. The van der Waals surface area contributed by atoms with Crippen LogP contribution in [0.25, 0.3) is 6.08 Å². The molecular formula is C19H28N2O2. The van der Waals surface area contributed by atoms with E-state index in [0.29, 0.717) is 30.0 Å². The van der Waals surface area contributed by atoms with Crippen LogP contribution in [0.4, 0.5) is 5.69 Å². The first-order valence-corrected chi connectivity index (χ1v) is 8.48. The lowest BCUT2D eigenvalue weighted by molar-refractivity contribution is -0.129. The number of nitrogens with two attached hydrogens (primary N) is 1. The van der Waals surface area contributed by atoms with Gasteiger partial charge in [-0.25, -0.2) is 0 Å². The van der Waals surface area contributed by atoms with E-state index in [2.05, 4.69) is 20.8 Å². The zero-order valence-electron chi connectivity index (χ0n) is 14.4. The highest BCUT2D eigenvalue weighted by Crippen LogP contribution is 2.24. The fraction of sp³-hybridized carbons (Fsp3) is 0.526. The lowest BCUT2D eigenvalue weighted by atomic mass is 10.0. The molecule has 1 saturated heterocycles. The summed E-state index contributed by atoms with van der Waals surface area (Å²) in [4.78, 5) is 14.2. The van der Waals surface area contributed by atoms with Crippen LogP contribution in [-0.4, -0.2) is 30.0 Å². The van der Waals surface area contributed by atoms with Gasteiger partial charge in [0.2, 0.25) is 5.91 Å². The highest BCUT2D eigenvalue weighted by molar-refractivity contribution is 5.92. The second-order valence-corrected chi connectivity index (χ2v) is 6.71. The van der Waals surface area contributed by atoms with Crippen molar-refractivity contribution >= 4 is 17.7 Å². The van der Waals surface area contributed by atoms with Crippen molar-refractivity contribution in [2.24, 2.45) is 5.92 Å². The summed E-state index contributed by atoms with van der Waals surface area (Å²) in [6, 6.07) is 5.97. The molecule has 1 unspecified atom stereocenters. The minimum absolute atomic E-state index is 0.0795. The molecule has 1 amide bonds. The zero-order valence-corrected chi connectivity index (χ0v) is 14.4. The van der Waals surface area contributed by atoms with Gasteiger partial charge in [0.1, 0.15) is 5.75 Å². The quantitative estimate of drug-likeness (QED) is 0.665. The van der Waals surface area contributed by atoms with Crippen molar-refractivity contribution in [3.05, 3.63) is 29.8 Å². The Morgan fingerprint density at radius 3 is 2.87 bits per heavy atom. The molecule has 1 aliphatic heterocycles. The van der Waals surface area contributed by atoms with E-state index in [-0.39, 0.29) is 5.91 Å². The molecule has 1 fully saturated rings. The third kappa shape index (κ3) is 5.02. The molecule has 4 heteroatoms. The van der Waals surface area contributed by atoms with Crippen LogP contribution >= 0.6 is 0 Å². The van der Waals surface area contributed by atoms with Gasteiger partial charge in [0.05, 0.1) is 12.3 Å². The molecule has 126 valence electrons. The first-order chi connectivity index (χ1) is 11.0. The number of nitrogens with zero attached hydrogens (tertiary/aromatic N) is 1. The maximum atomic E-state index is 12.3. The molecule has 1 atom stereocenters. The largest absolute Gasteiger partial charge is 0.491 e. The van der Waals surface area contributed by atoms with Crippen molar-refractivity contribution in [3.63, 3.8) is 0 Å². The lowest BCUT2D eigenvalue weighted by Crippen LogP contribution is -2.41. The van der Waals surface area contributed by atoms with E-state index in [1.165, 1.54) is 6.42 Å². The normalized spacial score (nSPS) is 18.6. The van der Waals surface area contributed by atoms with Crippen molar-refractivity contribution in [1.29, 1.82) is 0 Å². The van der Waals surface area contributed by atoms with Crippen LogP contribution in [0.2, 0.25) is 0 Å². The summed E-state index contributed by atoms with van der Waals surface area (Å²) in [6.45, 7) is 7.81. The predicted octanol–water partition coefficient (Wildman–Crippen LogP) is 3.72. The highest BCUT2D eigenvalue weighted by Gasteiger charge is 2.21. The van der Waals surface area contributed by atoms with Gasteiger partial charge in [-0.2, -0.15) is 0 Å². The summed E-state index contributed by atoms with van der Waals surface area (Å²) in [5, 5.41) is 0. The van der Waals surface area contributed by atoms with Gasteiger partial charge < -0.3 is 15.4 Å². The van der Waals surface area contributed by atoms with Crippen LogP contribution in [-0.2, 0) is 4.79 Å². The van der Waals surface area contributed by atoms with E-state index in [4.69, 9.17) is 10.5 Å². The molecular weight excluding hydrogens is 288 g/mol. The predicted molar refractivity (Wildman–Crippen MR) is 95.2 cm³/mol. The summed E-state index contributed by atoms with van der Waals surface area (Å²) in [6.07, 6.45) is 6.87. The first kappa shape index (κ1) is 17.4. The maximum Gasteiger partial charge on any atom is 0.246 e. The van der Waals surface area contributed by atoms with Crippen LogP contribution in [0.3, 0.4) is 0 Å². The number of hydrogen-bond donors (Lipinski definition) is 1. The number of likely N-dealkylation sites (tertiary alicyclic amines) is 1. The van der Waals surface area contributed by atoms with Gasteiger partial charge in [0.15, 0.2) is 0 Å². The molecule has 2 N–H and O–H groups in total. The third-order valence-electron chi connectivity index (χ3n) is 4.11. The number of carbonyl (C=O) groups excluding carboxylic acids is 1. The number of rotatable bonds is 5. The molecule has 0 aromatic heterocycles. The van der Waals surface area contributed by atoms with E-state index < -0.39 is 0 Å². The Hall–Kier alpha value is -1.97. The third-order valence-corrected chi connectivity index (χ3v) is 4.11. The molecule has 0 saturated carbocycles. The van der Waals surface area contributed by atoms with Crippen LogP contribution in [0, 0.1) is 5.92 Å². The fourth-order valence-corrected chi connectivity index (χ4v) is 2.75. The van der Waals surface area contributed by atoms with Crippen LogP contribution in [0.1, 0.15) is 45.6 Å². The first-order valence-electron chi connectivity index (χ1n) is 8.48. The lowest BCUT2D eigenvalue weighted by Gasteiger charge is -2.32. The van der Waals surface area contributed by atoms with Crippen LogP contribution in [0.5, 0.6) is 5.75 Å². The van der Waals surface area contributed by atoms with Crippen molar-refractivity contribution in [1.82, 2.24) is 4.90 Å². The zero-order chi connectivity index (χ0) is 16.8. The van der Waals surface area contributed by atoms with Crippen molar-refractivity contribution in [3.8, 4) is 5.75 Å². The number of piperidine rings is 1. The van der Waals surface area contributed by atoms with E-state index in [1.54, 1.807) is 6.08 Å². The van der Waals surface area contributed by atoms with Gasteiger partial charge >= 0.3 is 0 Å². The monoisotopic (exact) mass is 316 g/mol. The number of ether oxygens (including phenoxy) is 1. The molecule has 2 rings (SSSR count). The van der Waals surface area contributed by atoms with Crippen molar-refractivity contribution in [2.45, 2.75) is 46.1 Å². The second kappa shape index (κ2) is 8.04. The van der Waals surface area contributed by atoms with Crippen LogP contribution in [0.15, 0.2) is 24.3 Å². The molecule has 0 aliphatic carbocycles. The van der Waals surface area contributed by atoms with Crippen molar-refractivity contribution in [2.75, 3.05) is 18.9 Å². The summed E-state index contributed by atoms with van der Waals surface area (Å²) in [7, 11) is 0. The van der Waals surface area contributed by atoms with E-state index in [1.807, 2.05) is 29.2 Å². The Bertz CT molecular complexity index is 566. The summed E-state index contributed by atoms with van der Waals surface area (Å²) >= 11 is 0. The minimum atomic E-state index is 0.0795. The molecule has 4 nitrogen and oxygen atoms in total. The number of amides is 1. The standard InChI is InChI=1S/C19H28N2O2/c1-14(2)13-23-18-9-7-16(12-17(18)20)8-10-19(22)21-11-5-4-6-15(21)3/h7-10,12,14-15H,4-6,11,13,20H2,1-3H3/b10-8-. The summed E-state index contributed by atoms with van der Waals surface area (Å²) in [5.41, 5.74) is 7.54. The highest BCUT2D eigenvalue weighted by atomic mass is 16.5. The molecule has 0 bridgehead atoms. The second-order valence-electron chi connectivity index (χ2n) is 6.71. The van der Waals surface area contributed by atoms with Gasteiger partial charge in [0, 0.05) is 18.7 Å². The smallest absolute Gasteiger partial charge is 0.246 e. The Morgan fingerprint density at radius 1 is 1.43 bits per heavy atom.